The molecule has 1 aromatic rings. The van der Waals surface area contributed by atoms with Crippen molar-refractivity contribution >= 4 is 39.9 Å². The minimum absolute atomic E-state index is 0.122. The van der Waals surface area contributed by atoms with E-state index in [1.807, 2.05) is 43.4 Å². The number of hydrogen-bond acceptors (Lipinski definition) is 1. The Balaban J connectivity index is 3.06. The second-order valence-corrected chi connectivity index (χ2v) is 5.64. The van der Waals surface area contributed by atoms with Crippen LogP contribution in [-0.4, -0.2) is 5.54 Å². The molecule has 0 aliphatic carbocycles. The van der Waals surface area contributed by atoms with E-state index in [2.05, 4.69) is 5.32 Å². The van der Waals surface area contributed by atoms with Crippen LogP contribution in [0, 0.1) is 9.39 Å². The van der Waals surface area contributed by atoms with Gasteiger partial charge in [-0.2, -0.15) is 0 Å². The highest BCUT2D eigenvalue weighted by Crippen LogP contribution is 2.30. The van der Waals surface area contributed by atoms with Crippen LogP contribution in [0.15, 0.2) is 12.1 Å². The summed E-state index contributed by atoms with van der Waals surface area (Å²) in [6.07, 6.45) is 0. The van der Waals surface area contributed by atoms with Crippen LogP contribution in [0.5, 0.6) is 0 Å². The monoisotopic (exact) mass is 327 g/mol. The zero-order valence-corrected chi connectivity index (χ0v) is 11.2. The van der Waals surface area contributed by atoms with Crippen LogP contribution in [0.1, 0.15) is 20.8 Å². The van der Waals surface area contributed by atoms with Crippen LogP contribution >= 0.6 is 34.2 Å². The molecule has 1 nitrogen and oxygen atoms in total. The first kappa shape index (κ1) is 12.0. The average molecular weight is 328 g/mol. The number of rotatable bonds is 1. The van der Waals surface area contributed by atoms with E-state index in [4.69, 9.17) is 11.6 Å². The van der Waals surface area contributed by atoms with Crippen molar-refractivity contribution in [1.29, 1.82) is 0 Å². The Hall–Kier alpha value is -0.0300. The number of benzene rings is 1. The molecule has 0 spiro atoms. The molecule has 4 heteroatoms. The maximum atomic E-state index is 13.4. The predicted octanol–water partition coefficient (Wildman–Crippen LogP) is 4.29. The summed E-state index contributed by atoms with van der Waals surface area (Å²) >= 11 is 7.78. The Morgan fingerprint density at radius 2 is 1.93 bits per heavy atom. The zero-order chi connectivity index (χ0) is 10.9. The molecule has 0 aliphatic rings. The molecule has 0 saturated carbocycles. The fraction of sp³-hybridized carbons (Fsp3) is 0.400. The Kier molecular flexibility index (Phi) is 3.63. The summed E-state index contributed by atoms with van der Waals surface area (Å²) in [6, 6.07) is 3.49. The standard InChI is InChI=1S/C10H12ClFIN/c1-10(2,3)14-7-5-4-6(13)9(12)8(7)11/h4-5,14H,1-3H3. The molecule has 1 N–H and O–H groups in total. The van der Waals surface area contributed by atoms with Crippen molar-refractivity contribution in [1.82, 2.24) is 0 Å². The van der Waals surface area contributed by atoms with Gasteiger partial charge in [0.2, 0.25) is 0 Å². The summed E-state index contributed by atoms with van der Waals surface area (Å²) in [5, 5.41) is 3.30. The van der Waals surface area contributed by atoms with Gasteiger partial charge >= 0.3 is 0 Å². The van der Waals surface area contributed by atoms with Crippen molar-refractivity contribution in [2.75, 3.05) is 5.32 Å². The lowest BCUT2D eigenvalue weighted by molar-refractivity contribution is 0.614. The van der Waals surface area contributed by atoms with E-state index in [1.54, 1.807) is 12.1 Å². The zero-order valence-electron chi connectivity index (χ0n) is 8.29. The fourth-order valence-electron chi connectivity index (χ4n) is 1.03. The highest BCUT2D eigenvalue weighted by atomic mass is 127. The molecule has 0 bridgehead atoms. The van der Waals surface area contributed by atoms with Gasteiger partial charge in [-0.1, -0.05) is 11.6 Å². The second kappa shape index (κ2) is 4.23. The molecule has 0 amide bonds. The lowest BCUT2D eigenvalue weighted by Crippen LogP contribution is -2.26. The molecular formula is C10H12ClFIN. The third kappa shape index (κ3) is 2.98. The summed E-state index contributed by atoms with van der Waals surface area (Å²) in [6.45, 7) is 6.00. The van der Waals surface area contributed by atoms with Crippen molar-refractivity contribution in [2.24, 2.45) is 0 Å². The largest absolute Gasteiger partial charge is 0.379 e. The van der Waals surface area contributed by atoms with Gasteiger partial charge in [-0.3, -0.25) is 0 Å². The first-order valence-electron chi connectivity index (χ1n) is 4.23. The lowest BCUT2D eigenvalue weighted by atomic mass is 10.1. The highest BCUT2D eigenvalue weighted by Gasteiger charge is 2.15. The smallest absolute Gasteiger partial charge is 0.157 e. The minimum atomic E-state index is -0.360. The van der Waals surface area contributed by atoms with Crippen molar-refractivity contribution in [2.45, 2.75) is 26.3 Å². The van der Waals surface area contributed by atoms with Crippen molar-refractivity contribution in [3.05, 3.63) is 26.5 Å². The van der Waals surface area contributed by atoms with Crippen LogP contribution in [0.3, 0.4) is 0 Å². The molecule has 0 aliphatic heterocycles. The van der Waals surface area contributed by atoms with Crippen LogP contribution in [-0.2, 0) is 0 Å². The molecule has 0 unspecified atom stereocenters. The van der Waals surface area contributed by atoms with Gasteiger partial charge in [0.05, 0.1) is 9.26 Å². The molecule has 0 fully saturated rings. The van der Waals surface area contributed by atoms with Gasteiger partial charge in [-0.05, 0) is 55.5 Å². The van der Waals surface area contributed by atoms with Gasteiger partial charge in [0.1, 0.15) is 5.02 Å². The molecule has 0 heterocycles. The van der Waals surface area contributed by atoms with Crippen LogP contribution < -0.4 is 5.32 Å². The Labute approximate surface area is 102 Å². The predicted molar refractivity (Wildman–Crippen MR) is 67.5 cm³/mol. The van der Waals surface area contributed by atoms with Crippen LogP contribution in [0.4, 0.5) is 10.1 Å². The minimum Gasteiger partial charge on any atom is -0.379 e. The molecular weight excluding hydrogens is 315 g/mol. The maximum Gasteiger partial charge on any atom is 0.157 e. The Bertz CT molecular complexity index is 347. The van der Waals surface area contributed by atoms with Gasteiger partial charge in [0.25, 0.3) is 0 Å². The topological polar surface area (TPSA) is 12.0 Å². The first-order valence-corrected chi connectivity index (χ1v) is 5.68. The Morgan fingerprint density at radius 3 is 2.43 bits per heavy atom. The molecule has 0 aromatic heterocycles. The van der Waals surface area contributed by atoms with Gasteiger partial charge < -0.3 is 5.32 Å². The number of hydrogen-bond donors (Lipinski definition) is 1. The number of anilines is 1. The van der Waals surface area contributed by atoms with Crippen molar-refractivity contribution in [3.63, 3.8) is 0 Å². The molecule has 1 rings (SSSR count). The molecule has 0 atom stereocenters. The van der Waals surface area contributed by atoms with E-state index < -0.39 is 0 Å². The summed E-state index contributed by atoms with van der Waals surface area (Å²) in [7, 11) is 0. The molecule has 0 radical (unpaired) electrons. The summed E-state index contributed by atoms with van der Waals surface area (Å²) in [4.78, 5) is 0. The first-order chi connectivity index (χ1) is 6.31. The maximum absolute atomic E-state index is 13.4. The molecule has 1 aromatic carbocycles. The quantitative estimate of drug-likeness (QED) is 0.599. The van der Waals surface area contributed by atoms with E-state index in [-0.39, 0.29) is 16.4 Å². The average Bonchev–Trinajstić information content (AvgIpc) is 2.04. The molecule has 0 saturated heterocycles. The van der Waals surface area contributed by atoms with Crippen molar-refractivity contribution < 1.29 is 4.39 Å². The van der Waals surface area contributed by atoms with Gasteiger partial charge in [0.15, 0.2) is 5.82 Å². The second-order valence-electron chi connectivity index (χ2n) is 4.10. The molecule has 78 valence electrons. The van der Waals surface area contributed by atoms with E-state index in [1.165, 1.54) is 0 Å². The normalized spacial score (nSPS) is 11.6. The summed E-state index contributed by atoms with van der Waals surface area (Å²) < 4.78 is 13.9. The lowest BCUT2D eigenvalue weighted by Gasteiger charge is -2.23. The molecule has 14 heavy (non-hydrogen) atoms. The summed E-state index contributed by atoms with van der Waals surface area (Å²) in [5.74, 6) is -0.360. The van der Waals surface area contributed by atoms with Crippen LogP contribution in [0.25, 0.3) is 0 Å². The van der Waals surface area contributed by atoms with E-state index in [0.29, 0.717) is 9.26 Å². The Morgan fingerprint density at radius 1 is 1.36 bits per heavy atom. The van der Waals surface area contributed by atoms with Gasteiger partial charge in [-0.15, -0.1) is 0 Å². The SMILES string of the molecule is CC(C)(C)Nc1ccc(I)c(F)c1Cl. The van der Waals surface area contributed by atoms with E-state index >= 15 is 0 Å². The van der Waals surface area contributed by atoms with E-state index in [9.17, 15) is 4.39 Å². The summed E-state index contributed by atoms with van der Waals surface area (Å²) in [5.41, 5.74) is 0.514. The van der Waals surface area contributed by atoms with Crippen molar-refractivity contribution in [3.8, 4) is 0 Å². The number of nitrogens with one attached hydrogen (secondary N) is 1. The van der Waals surface area contributed by atoms with Gasteiger partial charge in [0, 0.05) is 5.54 Å². The van der Waals surface area contributed by atoms with E-state index in [0.717, 1.165) is 0 Å². The fourth-order valence-corrected chi connectivity index (χ4v) is 1.85. The third-order valence-corrected chi connectivity index (χ3v) is 2.75. The highest BCUT2D eigenvalue weighted by molar-refractivity contribution is 14.1. The van der Waals surface area contributed by atoms with Gasteiger partial charge in [-0.25, -0.2) is 4.39 Å². The number of halogens is 3. The van der Waals surface area contributed by atoms with Crippen LogP contribution in [0.2, 0.25) is 5.02 Å². The third-order valence-electron chi connectivity index (χ3n) is 1.54.